The fourth-order valence-electron chi connectivity index (χ4n) is 0.503. The molecule has 0 fully saturated rings. The summed E-state index contributed by atoms with van der Waals surface area (Å²) >= 11 is 0. The SMILES string of the molecule is C=CC(=O)NCC(C)(C)S(C)(=O)=O. The van der Waals surface area contributed by atoms with E-state index in [1.165, 1.54) is 0 Å². The lowest BCUT2D eigenvalue weighted by Crippen LogP contribution is -2.43. The molecule has 0 spiro atoms. The van der Waals surface area contributed by atoms with Crippen LogP contribution in [-0.4, -0.2) is 31.9 Å². The molecular formula is C8H15NO3S. The molecule has 1 N–H and O–H groups in total. The maximum absolute atomic E-state index is 11.2. The van der Waals surface area contributed by atoms with Gasteiger partial charge < -0.3 is 5.32 Å². The summed E-state index contributed by atoms with van der Waals surface area (Å²) in [5.74, 6) is -0.364. The lowest BCUT2D eigenvalue weighted by molar-refractivity contribution is -0.116. The number of amides is 1. The van der Waals surface area contributed by atoms with Crippen molar-refractivity contribution < 1.29 is 13.2 Å². The summed E-state index contributed by atoms with van der Waals surface area (Å²) in [4.78, 5) is 10.8. The quantitative estimate of drug-likeness (QED) is 0.663. The Morgan fingerprint density at radius 3 is 2.31 bits per heavy atom. The fourth-order valence-corrected chi connectivity index (χ4v) is 0.838. The molecule has 13 heavy (non-hydrogen) atoms. The molecule has 1 amide bonds. The molecular weight excluding hydrogens is 190 g/mol. The molecule has 0 aliphatic heterocycles. The molecule has 0 aliphatic rings. The van der Waals surface area contributed by atoms with Crippen molar-refractivity contribution in [3.63, 3.8) is 0 Å². The zero-order valence-electron chi connectivity index (χ0n) is 8.12. The molecule has 0 aromatic carbocycles. The molecule has 0 unspecified atom stereocenters. The second kappa shape index (κ2) is 3.91. The van der Waals surface area contributed by atoms with Crippen molar-refractivity contribution in [2.75, 3.05) is 12.8 Å². The number of carbonyl (C=O) groups is 1. The first kappa shape index (κ1) is 12.2. The van der Waals surface area contributed by atoms with E-state index in [0.717, 1.165) is 12.3 Å². The van der Waals surface area contributed by atoms with E-state index in [1.807, 2.05) is 0 Å². The van der Waals surface area contributed by atoms with Gasteiger partial charge in [0.2, 0.25) is 5.91 Å². The summed E-state index contributed by atoms with van der Waals surface area (Å²) in [6.07, 6.45) is 2.26. The minimum absolute atomic E-state index is 0.0939. The smallest absolute Gasteiger partial charge is 0.243 e. The van der Waals surface area contributed by atoms with Crippen LogP contribution in [-0.2, 0) is 14.6 Å². The second-order valence-corrected chi connectivity index (χ2v) is 6.10. The summed E-state index contributed by atoms with van der Waals surface area (Å²) in [6, 6.07) is 0. The third kappa shape index (κ3) is 3.59. The van der Waals surface area contributed by atoms with Crippen molar-refractivity contribution in [1.29, 1.82) is 0 Å². The summed E-state index contributed by atoms with van der Waals surface area (Å²) in [5, 5.41) is 2.44. The summed E-state index contributed by atoms with van der Waals surface area (Å²) < 4.78 is 21.4. The van der Waals surface area contributed by atoms with Gasteiger partial charge in [0.1, 0.15) is 0 Å². The van der Waals surface area contributed by atoms with Gasteiger partial charge in [-0.3, -0.25) is 4.79 Å². The first-order chi connectivity index (χ1) is 5.70. The highest BCUT2D eigenvalue weighted by molar-refractivity contribution is 7.92. The van der Waals surface area contributed by atoms with Crippen LogP contribution in [0.2, 0.25) is 0 Å². The van der Waals surface area contributed by atoms with Crippen molar-refractivity contribution in [3.05, 3.63) is 12.7 Å². The molecule has 0 bridgehead atoms. The zero-order chi connectivity index (χ0) is 10.7. The Morgan fingerprint density at radius 1 is 1.54 bits per heavy atom. The van der Waals surface area contributed by atoms with Crippen LogP contribution in [0.5, 0.6) is 0 Å². The summed E-state index contributed by atoms with van der Waals surface area (Å²) in [7, 11) is -3.16. The highest BCUT2D eigenvalue weighted by atomic mass is 32.2. The van der Waals surface area contributed by atoms with E-state index < -0.39 is 14.6 Å². The summed E-state index contributed by atoms with van der Waals surface area (Å²) in [6.45, 7) is 6.48. The standard InChI is InChI=1S/C8H15NO3S/c1-5-7(10)9-6-8(2,3)13(4,11)12/h5H,1,6H2,2-4H3,(H,9,10). The molecule has 0 aliphatic carbocycles. The Kier molecular flexibility index (Phi) is 3.66. The lowest BCUT2D eigenvalue weighted by Gasteiger charge is -2.22. The number of hydrogen-bond acceptors (Lipinski definition) is 3. The van der Waals surface area contributed by atoms with Crippen molar-refractivity contribution >= 4 is 15.7 Å². The van der Waals surface area contributed by atoms with Gasteiger partial charge in [-0.2, -0.15) is 0 Å². The molecule has 0 saturated heterocycles. The lowest BCUT2D eigenvalue weighted by atomic mass is 10.2. The first-order valence-corrected chi connectivity index (χ1v) is 5.70. The van der Waals surface area contributed by atoms with Crippen LogP contribution < -0.4 is 5.32 Å². The van der Waals surface area contributed by atoms with Crippen LogP contribution in [0.3, 0.4) is 0 Å². The maximum Gasteiger partial charge on any atom is 0.243 e. The monoisotopic (exact) mass is 205 g/mol. The van der Waals surface area contributed by atoms with Crippen molar-refractivity contribution in [3.8, 4) is 0 Å². The zero-order valence-corrected chi connectivity index (χ0v) is 8.94. The van der Waals surface area contributed by atoms with Gasteiger partial charge in [0.25, 0.3) is 0 Å². The van der Waals surface area contributed by atoms with Gasteiger partial charge in [0.15, 0.2) is 9.84 Å². The third-order valence-electron chi connectivity index (χ3n) is 1.88. The van der Waals surface area contributed by atoms with Crippen molar-refractivity contribution in [2.24, 2.45) is 0 Å². The topological polar surface area (TPSA) is 63.2 Å². The van der Waals surface area contributed by atoms with E-state index in [2.05, 4.69) is 11.9 Å². The van der Waals surface area contributed by atoms with Crippen LogP contribution >= 0.6 is 0 Å². The number of sulfone groups is 1. The molecule has 0 aromatic rings. The molecule has 0 aromatic heterocycles. The molecule has 5 heteroatoms. The predicted octanol–water partition coefficient (Wildman–Crippen LogP) is 0.112. The Morgan fingerprint density at radius 2 is 2.00 bits per heavy atom. The fraction of sp³-hybridized carbons (Fsp3) is 0.625. The minimum atomic E-state index is -3.16. The number of hydrogen-bond donors (Lipinski definition) is 1. The van der Waals surface area contributed by atoms with Gasteiger partial charge >= 0.3 is 0 Å². The van der Waals surface area contributed by atoms with Crippen molar-refractivity contribution in [2.45, 2.75) is 18.6 Å². The number of rotatable bonds is 4. The number of carbonyl (C=O) groups excluding carboxylic acids is 1. The normalized spacial score (nSPS) is 12.2. The maximum atomic E-state index is 11.2. The molecule has 0 saturated carbocycles. The van der Waals surface area contributed by atoms with Crippen LogP contribution in [0.15, 0.2) is 12.7 Å². The molecule has 0 radical (unpaired) electrons. The average molecular weight is 205 g/mol. The first-order valence-electron chi connectivity index (χ1n) is 3.80. The number of nitrogens with one attached hydrogen (secondary N) is 1. The Bertz CT molecular complexity index is 303. The Balaban J connectivity index is 4.37. The molecule has 0 rings (SSSR count). The van der Waals surface area contributed by atoms with Gasteiger partial charge in [-0.1, -0.05) is 6.58 Å². The van der Waals surface area contributed by atoms with E-state index in [9.17, 15) is 13.2 Å². The van der Waals surface area contributed by atoms with Crippen LogP contribution in [0.25, 0.3) is 0 Å². The Labute approximate surface area is 78.9 Å². The van der Waals surface area contributed by atoms with E-state index in [1.54, 1.807) is 13.8 Å². The van der Waals surface area contributed by atoms with Crippen LogP contribution in [0.4, 0.5) is 0 Å². The van der Waals surface area contributed by atoms with E-state index in [-0.39, 0.29) is 12.5 Å². The highest BCUT2D eigenvalue weighted by Crippen LogP contribution is 2.12. The van der Waals surface area contributed by atoms with E-state index in [0.29, 0.717) is 0 Å². The van der Waals surface area contributed by atoms with Crippen LogP contribution in [0, 0.1) is 0 Å². The van der Waals surface area contributed by atoms with E-state index >= 15 is 0 Å². The van der Waals surface area contributed by atoms with Gasteiger partial charge in [-0.05, 0) is 19.9 Å². The molecule has 76 valence electrons. The third-order valence-corrected chi connectivity index (χ3v) is 4.03. The Hall–Kier alpha value is -0.840. The van der Waals surface area contributed by atoms with E-state index in [4.69, 9.17) is 0 Å². The second-order valence-electron chi connectivity index (χ2n) is 3.45. The average Bonchev–Trinajstić information content (AvgIpc) is 1.98. The largest absolute Gasteiger partial charge is 0.351 e. The molecule has 0 heterocycles. The molecule has 4 nitrogen and oxygen atoms in total. The highest BCUT2D eigenvalue weighted by Gasteiger charge is 2.30. The minimum Gasteiger partial charge on any atom is -0.351 e. The van der Waals surface area contributed by atoms with Crippen molar-refractivity contribution in [1.82, 2.24) is 5.32 Å². The van der Waals surface area contributed by atoms with Gasteiger partial charge in [0.05, 0.1) is 4.75 Å². The predicted molar refractivity (Wildman–Crippen MR) is 52.1 cm³/mol. The van der Waals surface area contributed by atoms with Gasteiger partial charge in [-0.15, -0.1) is 0 Å². The van der Waals surface area contributed by atoms with Gasteiger partial charge in [0, 0.05) is 12.8 Å². The molecule has 0 atom stereocenters. The van der Waals surface area contributed by atoms with Gasteiger partial charge in [-0.25, -0.2) is 8.42 Å². The van der Waals surface area contributed by atoms with Crippen LogP contribution in [0.1, 0.15) is 13.8 Å². The summed E-state index contributed by atoms with van der Waals surface area (Å²) in [5.41, 5.74) is 0.